The number of carbonyl (C=O) groups is 1. The second-order valence-electron chi connectivity index (χ2n) is 5.23. The number of hydrogen-bond donors (Lipinski definition) is 1. The van der Waals surface area contributed by atoms with E-state index < -0.39 is 0 Å². The van der Waals surface area contributed by atoms with Gasteiger partial charge in [-0.05, 0) is 46.7 Å². The van der Waals surface area contributed by atoms with Gasteiger partial charge in [0, 0.05) is 36.0 Å². The van der Waals surface area contributed by atoms with E-state index in [-0.39, 0.29) is 24.4 Å². The van der Waals surface area contributed by atoms with Gasteiger partial charge in [-0.1, -0.05) is 0 Å². The number of nitrogens with zero attached hydrogens (tertiary/aromatic N) is 2. The average Bonchev–Trinajstić information content (AvgIpc) is 2.92. The van der Waals surface area contributed by atoms with Gasteiger partial charge in [0.15, 0.2) is 0 Å². The molecule has 2 aliphatic rings. The van der Waals surface area contributed by atoms with Crippen LogP contribution in [0.4, 0.5) is 0 Å². The average molecular weight is 347 g/mol. The van der Waals surface area contributed by atoms with Crippen LogP contribution in [0, 0.1) is 11.8 Å². The van der Waals surface area contributed by atoms with Crippen LogP contribution in [0.1, 0.15) is 23.2 Å². The van der Waals surface area contributed by atoms with Gasteiger partial charge in [0.05, 0.1) is 5.56 Å². The highest BCUT2D eigenvalue weighted by Crippen LogP contribution is 2.37. The second-order valence-corrected chi connectivity index (χ2v) is 6.09. The Kier molecular flexibility index (Phi) is 4.48. The van der Waals surface area contributed by atoms with Crippen LogP contribution in [-0.2, 0) is 0 Å². The summed E-state index contributed by atoms with van der Waals surface area (Å²) in [7, 11) is 0. The lowest BCUT2D eigenvalue weighted by Crippen LogP contribution is -2.33. The van der Waals surface area contributed by atoms with Gasteiger partial charge in [0.25, 0.3) is 5.91 Å². The van der Waals surface area contributed by atoms with E-state index in [1.54, 1.807) is 18.5 Å². The highest BCUT2D eigenvalue weighted by molar-refractivity contribution is 9.10. The molecule has 0 aromatic carbocycles. The first-order chi connectivity index (χ1) is 8.66. The molecule has 2 fully saturated rings. The molecule has 104 valence electrons. The number of fused-ring (bicyclic) bond motifs is 1. The molecule has 3 rings (SSSR count). The van der Waals surface area contributed by atoms with Gasteiger partial charge in [-0.15, -0.1) is 12.4 Å². The van der Waals surface area contributed by atoms with E-state index in [0.717, 1.165) is 30.4 Å². The van der Waals surface area contributed by atoms with Crippen molar-refractivity contribution in [1.29, 1.82) is 0 Å². The fraction of sp³-hybridized carbons (Fsp3) is 0.538. The highest BCUT2D eigenvalue weighted by atomic mass is 79.9. The van der Waals surface area contributed by atoms with Crippen LogP contribution < -0.4 is 5.73 Å². The third kappa shape index (κ3) is 2.64. The molecule has 19 heavy (non-hydrogen) atoms. The summed E-state index contributed by atoms with van der Waals surface area (Å²) in [4.78, 5) is 18.4. The van der Waals surface area contributed by atoms with Crippen molar-refractivity contribution in [3.8, 4) is 0 Å². The molecular formula is C13H17BrClN3O. The van der Waals surface area contributed by atoms with E-state index >= 15 is 0 Å². The fourth-order valence-corrected chi connectivity index (χ4v) is 3.61. The van der Waals surface area contributed by atoms with Crippen molar-refractivity contribution in [2.75, 3.05) is 13.1 Å². The first-order valence-electron chi connectivity index (χ1n) is 6.31. The molecule has 1 saturated carbocycles. The van der Waals surface area contributed by atoms with Crippen molar-refractivity contribution in [2.24, 2.45) is 17.6 Å². The molecule has 2 heterocycles. The molecule has 6 heteroatoms. The lowest BCUT2D eigenvalue weighted by molar-refractivity contribution is 0.0778. The number of nitrogens with two attached hydrogens (primary N) is 1. The number of hydrogen-bond acceptors (Lipinski definition) is 3. The minimum atomic E-state index is 0. The summed E-state index contributed by atoms with van der Waals surface area (Å²) in [6.45, 7) is 1.66. The molecule has 1 saturated heterocycles. The molecule has 1 aliphatic carbocycles. The summed E-state index contributed by atoms with van der Waals surface area (Å²) in [6.07, 6.45) is 5.58. The Labute approximate surface area is 127 Å². The Balaban J connectivity index is 0.00000133. The number of likely N-dealkylation sites (tertiary alicyclic amines) is 1. The van der Waals surface area contributed by atoms with E-state index in [0.29, 0.717) is 17.4 Å². The Hall–Kier alpha value is -0.650. The Morgan fingerprint density at radius 2 is 2.21 bits per heavy atom. The Morgan fingerprint density at radius 3 is 2.89 bits per heavy atom. The minimum Gasteiger partial charge on any atom is -0.338 e. The molecule has 4 nitrogen and oxygen atoms in total. The SMILES string of the molecule is Cl.NC1CCC2CN(C(=O)c3ccncc3Br)CC12. The van der Waals surface area contributed by atoms with Gasteiger partial charge in [0.1, 0.15) is 0 Å². The van der Waals surface area contributed by atoms with E-state index in [1.807, 2.05) is 4.90 Å². The van der Waals surface area contributed by atoms with Gasteiger partial charge in [0.2, 0.25) is 0 Å². The van der Waals surface area contributed by atoms with Gasteiger partial charge in [-0.3, -0.25) is 9.78 Å². The molecule has 0 spiro atoms. The molecule has 1 aliphatic heterocycles. The third-order valence-corrected chi connectivity index (χ3v) is 4.83. The summed E-state index contributed by atoms with van der Waals surface area (Å²) in [5, 5.41) is 0. The molecular weight excluding hydrogens is 330 g/mol. The molecule has 0 bridgehead atoms. The normalized spacial score (nSPS) is 28.9. The predicted molar refractivity (Wildman–Crippen MR) is 79.3 cm³/mol. The first kappa shape index (κ1) is 14.8. The predicted octanol–water partition coefficient (Wildman–Crippen LogP) is 2.08. The molecule has 2 N–H and O–H groups in total. The van der Waals surface area contributed by atoms with Crippen molar-refractivity contribution < 1.29 is 4.79 Å². The third-order valence-electron chi connectivity index (χ3n) is 4.20. The summed E-state index contributed by atoms with van der Waals surface area (Å²) in [5.74, 6) is 1.19. The van der Waals surface area contributed by atoms with Crippen molar-refractivity contribution in [3.63, 3.8) is 0 Å². The Bertz CT molecular complexity index is 485. The highest BCUT2D eigenvalue weighted by Gasteiger charge is 2.42. The van der Waals surface area contributed by atoms with Gasteiger partial charge >= 0.3 is 0 Å². The van der Waals surface area contributed by atoms with Crippen molar-refractivity contribution in [3.05, 3.63) is 28.5 Å². The van der Waals surface area contributed by atoms with Crippen LogP contribution in [0.25, 0.3) is 0 Å². The minimum absolute atomic E-state index is 0. The van der Waals surface area contributed by atoms with E-state index in [1.165, 1.54) is 0 Å². The number of carbonyl (C=O) groups excluding carboxylic acids is 1. The zero-order chi connectivity index (χ0) is 12.7. The molecule has 0 radical (unpaired) electrons. The largest absolute Gasteiger partial charge is 0.338 e. The topological polar surface area (TPSA) is 59.2 Å². The molecule has 1 aromatic heterocycles. The summed E-state index contributed by atoms with van der Waals surface area (Å²) >= 11 is 3.38. The van der Waals surface area contributed by atoms with Crippen LogP contribution in [0.2, 0.25) is 0 Å². The van der Waals surface area contributed by atoms with E-state index in [9.17, 15) is 4.79 Å². The maximum Gasteiger partial charge on any atom is 0.255 e. The van der Waals surface area contributed by atoms with Crippen molar-refractivity contribution in [2.45, 2.75) is 18.9 Å². The maximum absolute atomic E-state index is 12.4. The van der Waals surface area contributed by atoms with Gasteiger partial charge in [-0.2, -0.15) is 0 Å². The number of aromatic nitrogens is 1. The van der Waals surface area contributed by atoms with Crippen LogP contribution in [0.3, 0.4) is 0 Å². The standard InChI is InChI=1S/C13H16BrN3O.ClH/c14-11-5-16-4-3-9(11)13(18)17-6-8-1-2-12(15)10(8)7-17;/h3-5,8,10,12H,1-2,6-7,15H2;1H. The van der Waals surface area contributed by atoms with Gasteiger partial charge in [-0.25, -0.2) is 0 Å². The quantitative estimate of drug-likeness (QED) is 0.847. The Morgan fingerprint density at radius 1 is 1.42 bits per heavy atom. The van der Waals surface area contributed by atoms with Gasteiger partial charge < -0.3 is 10.6 Å². The number of rotatable bonds is 1. The van der Waals surface area contributed by atoms with Crippen LogP contribution in [0.5, 0.6) is 0 Å². The number of halogens is 2. The molecule has 1 aromatic rings. The van der Waals surface area contributed by atoms with Crippen molar-refractivity contribution in [1.82, 2.24) is 9.88 Å². The monoisotopic (exact) mass is 345 g/mol. The zero-order valence-electron chi connectivity index (χ0n) is 10.5. The smallest absolute Gasteiger partial charge is 0.255 e. The lowest BCUT2D eigenvalue weighted by atomic mass is 9.98. The lowest BCUT2D eigenvalue weighted by Gasteiger charge is -2.19. The first-order valence-corrected chi connectivity index (χ1v) is 7.10. The molecule has 3 unspecified atom stereocenters. The van der Waals surface area contributed by atoms with Crippen LogP contribution >= 0.6 is 28.3 Å². The summed E-state index contributed by atoms with van der Waals surface area (Å²) < 4.78 is 0.761. The number of pyridine rings is 1. The zero-order valence-corrected chi connectivity index (χ0v) is 12.9. The second kappa shape index (κ2) is 5.77. The fourth-order valence-electron chi connectivity index (χ4n) is 3.19. The summed E-state index contributed by atoms with van der Waals surface area (Å²) in [6, 6.07) is 2.04. The molecule has 1 amide bonds. The summed E-state index contributed by atoms with van der Waals surface area (Å²) in [5.41, 5.74) is 6.79. The van der Waals surface area contributed by atoms with E-state index in [2.05, 4.69) is 20.9 Å². The van der Waals surface area contributed by atoms with Crippen molar-refractivity contribution >= 4 is 34.2 Å². The van der Waals surface area contributed by atoms with Crippen LogP contribution in [-0.4, -0.2) is 34.9 Å². The maximum atomic E-state index is 12.4. The number of amides is 1. The van der Waals surface area contributed by atoms with Crippen LogP contribution in [0.15, 0.2) is 22.9 Å². The van der Waals surface area contributed by atoms with E-state index in [4.69, 9.17) is 5.73 Å². The molecule has 3 atom stereocenters.